The smallest absolute Gasteiger partial charge is 0.261 e. The highest BCUT2D eigenvalue weighted by Gasteiger charge is 2.18. The minimum absolute atomic E-state index is 0.0559. The number of carbonyl (C=O) groups is 1. The highest BCUT2D eigenvalue weighted by atomic mass is 35.5. The molecule has 0 radical (unpaired) electrons. The SMILES string of the molecule is Cc1ccc(NS(=O)(=O)c2cccc(NC(=O)CSC(c3ccccc3)c3ccc(Cl)cc3)c2)cc1. The van der Waals surface area contributed by atoms with E-state index >= 15 is 0 Å². The normalized spacial score (nSPS) is 12.1. The van der Waals surface area contributed by atoms with E-state index in [0.29, 0.717) is 16.4 Å². The minimum Gasteiger partial charge on any atom is -0.325 e. The predicted octanol–water partition coefficient (Wildman–Crippen LogP) is 6.91. The largest absolute Gasteiger partial charge is 0.325 e. The first-order valence-electron chi connectivity index (χ1n) is 11.2. The predicted molar refractivity (Wildman–Crippen MR) is 149 cm³/mol. The molecule has 4 rings (SSSR count). The topological polar surface area (TPSA) is 75.3 Å². The number of carbonyl (C=O) groups excluding carboxylic acids is 1. The molecule has 0 saturated carbocycles. The van der Waals surface area contributed by atoms with Gasteiger partial charge in [0.2, 0.25) is 5.91 Å². The van der Waals surface area contributed by atoms with Crippen molar-refractivity contribution in [3.8, 4) is 0 Å². The maximum Gasteiger partial charge on any atom is 0.261 e. The molecule has 0 spiro atoms. The molecule has 36 heavy (non-hydrogen) atoms. The van der Waals surface area contributed by atoms with E-state index in [0.717, 1.165) is 16.7 Å². The molecule has 1 atom stereocenters. The molecule has 0 aromatic heterocycles. The molecule has 2 N–H and O–H groups in total. The van der Waals surface area contributed by atoms with Gasteiger partial charge in [-0.2, -0.15) is 0 Å². The van der Waals surface area contributed by atoms with Gasteiger partial charge in [-0.3, -0.25) is 9.52 Å². The number of thioether (sulfide) groups is 1. The van der Waals surface area contributed by atoms with E-state index in [1.54, 1.807) is 24.3 Å². The van der Waals surface area contributed by atoms with Crippen molar-refractivity contribution in [2.45, 2.75) is 17.1 Å². The maximum absolute atomic E-state index is 12.8. The molecular weight excluding hydrogens is 512 g/mol. The summed E-state index contributed by atoms with van der Waals surface area (Å²) in [4.78, 5) is 12.9. The zero-order valence-corrected chi connectivity index (χ0v) is 21.9. The number of nitrogens with one attached hydrogen (secondary N) is 2. The van der Waals surface area contributed by atoms with Gasteiger partial charge in [-0.25, -0.2) is 8.42 Å². The fourth-order valence-electron chi connectivity index (χ4n) is 3.58. The van der Waals surface area contributed by atoms with Crippen LogP contribution in [-0.4, -0.2) is 20.1 Å². The quantitative estimate of drug-likeness (QED) is 0.244. The van der Waals surface area contributed by atoms with E-state index < -0.39 is 10.0 Å². The number of anilines is 2. The Kier molecular flexibility index (Phi) is 8.36. The Bertz CT molecular complexity index is 1430. The molecule has 1 amide bonds. The lowest BCUT2D eigenvalue weighted by Crippen LogP contribution is -2.17. The van der Waals surface area contributed by atoms with Gasteiger partial charge in [0.1, 0.15) is 0 Å². The summed E-state index contributed by atoms with van der Waals surface area (Å²) < 4.78 is 28.2. The third-order valence-corrected chi connectivity index (χ3v) is 8.33. The van der Waals surface area contributed by atoms with Crippen molar-refractivity contribution in [1.82, 2.24) is 0 Å². The van der Waals surface area contributed by atoms with E-state index in [-0.39, 0.29) is 21.8 Å². The minimum atomic E-state index is -3.80. The number of amides is 1. The molecule has 1 unspecified atom stereocenters. The van der Waals surface area contributed by atoms with Crippen LogP contribution < -0.4 is 10.0 Å². The molecule has 4 aromatic rings. The fourth-order valence-corrected chi connectivity index (χ4v) is 5.90. The molecule has 0 heterocycles. The lowest BCUT2D eigenvalue weighted by molar-refractivity contribution is -0.113. The summed E-state index contributed by atoms with van der Waals surface area (Å²) in [5, 5.41) is 3.42. The van der Waals surface area contributed by atoms with Gasteiger partial charge in [0, 0.05) is 16.4 Å². The van der Waals surface area contributed by atoms with Crippen LogP contribution in [0.4, 0.5) is 11.4 Å². The molecule has 0 fully saturated rings. The third kappa shape index (κ3) is 6.91. The highest BCUT2D eigenvalue weighted by Crippen LogP contribution is 2.36. The molecule has 4 aromatic carbocycles. The number of halogens is 1. The van der Waals surface area contributed by atoms with Crippen molar-refractivity contribution in [2.75, 3.05) is 15.8 Å². The number of hydrogen-bond acceptors (Lipinski definition) is 4. The van der Waals surface area contributed by atoms with Crippen LogP contribution in [0, 0.1) is 6.92 Å². The second-order valence-electron chi connectivity index (χ2n) is 8.20. The molecule has 0 aliphatic carbocycles. The summed E-state index contributed by atoms with van der Waals surface area (Å²) in [5.41, 5.74) is 4.04. The van der Waals surface area contributed by atoms with E-state index in [4.69, 9.17) is 11.6 Å². The van der Waals surface area contributed by atoms with Gasteiger partial charge >= 0.3 is 0 Å². The summed E-state index contributed by atoms with van der Waals surface area (Å²) in [7, 11) is -3.80. The standard InChI is InChI=1S/C28H25ClN2O3S2/c1-20-10-16-24(17-11-20)31-36(33,34)26-9-5-8-25(18-26)30-27(32)19-35-28(21-6-3-2-4-7-21)22-12-14-23(29)15-13-22/h2-18,28,31H,19H2,1H3,(H,30,32). The van der Waals surface area contributed by atoms with Crippen LogP contribution in [0.1, 0.15) is 21.9 Å². The van der Waals surface area contributed by atoms with E-state index in [1.165, 1.54) is 23.9 Å². The first-order chi connectivity index (χ1) is 17.3. The number of hydrogen-bond donors (Lipinski definition) is 2. The number of benzene rings is 4. The molecule has 0 saturated heterocycles. The Hall–Kier alpha value is -3.26. The van der Waals surface area contributed by atoms with Gasteiger partial charge in [-0.1, -0.05) is 77.8 Å². The summed E-state index contributed by atoms with van der Waals surface area (Å²) in [5.74, 6) is -0.0447. The summed E-state index contributed by atoms with van der Waals surface area (Å²) >= 11 is 7.55. The first-order valence-corrected chi connectivity index (χ1v) is 14.1. The lowest BCUT2D eigenvalue weighted by atomic mass is 10.0. The van der Waals surface area contributed by atoms with Crippen molar-refractivity contribution < 1.29 is 13.2 Å². The van der Waals surface area contributed by atoms with Gasteiger partial charge in [-0.15, -0.1) is 11.8 Å². The van der Waals surface area contributed by atoms with Gasteiger partial charge < -0.3 is 5.32 Å². The van der Waals surface area contributed by atoms with Crippen LogP contribution in [0.25, 0.3) is 0 Å². The molecule has 5 nitrogen and oxygen atoms in total. The molecule has 0 aliphatic rings. The molecular formula is C28H25ClN2O3S2. The molecule has 184 valence electrons. The fraction of sp³-hybridized carbons (Fsp3) is 0.107. The van der Waals surface area contributed by atoms with Crippen molar-refractivity contribution >= 4 is 50.7 Å². The van der Waals surface area contributed by atoms with Crippen LogP contribution in [0.3, 0.4) is 0 Å². The Morgan fingerprint density at radius 2 is 1.50 bits per heavy atom. The van der Waals surface area contributed by atoms with Crippen molar-refractivity contribution in [2.24, 2.45) is 0 Å². The number of sulfonamides is 1. The average molecular weight is 537 g/mol. The number of rotatable bonds is 9. The van der Waals surface area contributed by atoms with Crippen LogP contribution in [0.15, 0.2) is 108 Å². The zero-order valence-electron chi connectivity index (χ0n) is 19.5. The first kappa shape index (κ1) is 25.8. The second-order valence-corrected chi connectivity index (χ2v) is 11.4. The van der Waals surface area contributed by atoms with Crippen LogP contribution in [-0.2, 0) is 14.8 Å². The summed E-state index contributed by atoms with van der Waals surface area (Å²) in [6.07, 6.45) is 0. The maximum atomic E-state index is 12.8. The Morgan fingerprint density at radius 3 is 2.19 bits per heavy atom. The molecule has 0 aliphatic heterocycles. The highest BCUT2D eigenvalue weighted by molar-refractivity contribution is 8.00. The van der Waals surface area contributed by atoms with Crippen LogP contribution in [0.5, 0.6) is 0 Å². The van der Waals surface area contributed by atoms with E-state index in [1.807, 2.05) is 73.7 Å². The van der Waals surface area contributed by atoms with Crippen molar-refractivity contribution in [1.29, 1.82) is 0 Å². The second kappa shape index (κ2) is 11.6. The lowest BCUT2D eigenvalue weighted by Gasteiger charge is -2.18. The summed E-state index contributed by atoms with van der Waals surface area (Å²) in [6.45, 7) is 1.93. The van der Waals surface area contributed by atoms with Crippen LogP contribution in [0.2, 0.25) is 5.02 Å². The molecule has 0 bridgehead atoms. The van der Waals surface area contributed by atoms with Crippen LogP contribution >= 0.6 is 23.4 Å². The average Bonchev–Trinajstić information content (AvgIpc) is 2.87. The monoisotopic (exact) mass is 536 g/mol. The van der Waals surface area contributed by atoms with E-state index in [2.05, 4.69) is 10.0 Å². The van der Waals surface area contributed by atoms with Gasteiger partial charge in [0.05, 0.1) is 15.9 Å². The zero-order chi connectivity index (χ0) is 25.5. The Balaban J connectivity index is 1.44. The third-order valence-electron chi connectivity index (χ3n) is 5.39. The summed E-state index contributed by atoms with van der Waals surface area (Å²) in [6, 6.07) is 30.8. The van der Waals surface area contributed by atoms with Crippen molar-refractivity contribution in [3.63, 3.8) is 0 Å². The number of aryl methyl sites for hydroxylation is 1. The van der Waals surface area contributed by atoms with E-state index in [9.17, 15) is 13.2 Å². The van der Waals surface area contributed by atoms with Gasteiger partial charge in [0.15, 0.2) is 0 Å². The van der Waals surface area contributed by atoms with Crippen molar-refractivity contribution in [3.05, 3.63) is 125 Å². The molecule has 8 heteroatoms. The Labute approximate surface area is 221 Å². The Morgan fingerprint density at radius 1 is 0.833 bits per heavy atom. The van der Waals surface area contributed by atoms with Gasteiger partial charge in [0.25, 0.3) is 10.0 Å². The van der Waals surface area contributed by atoms with Gasteiger partial charge in [-0.05, 0) is 60.5 Å².